The summed E-state index contributed by atoms with van der Waals surface area (Å²) in [6.45, 7) is 3.59. The zero-order chi connectivity index (χ0) is 23.4. The molecule has 1 N–H and O–H groups in total. The standard InChI is InChI=1S/C26H26FN3O3/c1-2-29-14-15-30(26(33)23-8-5-9-24(31)28-23)17-20(25(29)32)16-18-10-12-19(13-11-18)21-6-3-4-7-22(21)27/h3-13,20H,2,14-17H2,1H3,(H,28,31)/t20-/m1/s1. The van der Waals surface area contributed by atoms with Crippen LogP contribution in [0.1, 0.15) is 23.0 Å². The molecule has 6 nitrogen and oxygen atoms in total. The van der Waals surface area contributed by atoms with Crippen molar-refractivity contribution in [3.05, 3.63) is 94.2 Å². The first kappa shape index (κ1) is 22.5. The summed E-state index contributed by atoms with van der Waals surface area (Å²) < 4.78 is 14.1. The number of hydrogen-bond acceptors (Lipinski definition) is 3. The number of halogens is 1. The molecule has 1 aliphatic rings. The average Bonchev–Trinajstić information content (AvgIpc) is 2.98. The summed E-state index contributed by atoms with van der Waals surface area (Å²) in [7, 11) is 0. The highest BCUT2D eigenvalue weighted by Crippen LogP contribution is 2.24. The van der Waals surface area contributed by atoms with Crippen molar-refractivity contribution in [1.82, 2.24) is 14.8 Å². The lowest BCUT2D eigenvalue weighted by molar-refractivity contribution is -0.134. The Kier molecular flexibility index (Phi) is 6.68. The predicted octanol–water partition coefficient (Wildman–Crippen LogP) is 3.34. The quantitative estimate of drug-likeness (QED) is 0.652. The van der Waals surface area contributed by atoms with Crippen LogP contribution in [0.15, 0.2) is 71.5 Å². The Morgan fingerprint density at radius 2 is 1.76 bits per heavy atom. The normalized spacial score (nSPS) is 16.5. The van der Waals surface area contributed by atoms with Crippen LogP contribution in [0.4, 0.5) is 4.39 Å². The molecule has 170 valence electrons. The Morgan fingerprint density at radius 1 is 1.00 bits per heavy atom. The molecular weight excluding hydrogens is 421 g/mol. The summed E-state index contributed by atoms with van der Waals surface area (Å²) in [5, 5.41) is 0. The molecule has 2 amide bonds. The van der Waals surface area contributed by atoms with Crippen molar-refractivity contribution in [2.24, 2.45) is 5.92 Å². The molecule has 0 saturated carbocycles. The molecular formula is C26H26FN3O3. The maximum atomic E-state index is 14.1. The van der Waals surface area contributed by atoms with Gasteiger partial charge in [0.1, 0.15) is 11.5 Å². The van der Waals surface area contributed by atoms with E-state index in [0.29, 0.717) is 31.6 Å². The van der Waals surface area contributed by atoms with Crippen LogP contribution < -0.4 is 5.56 Å². The highest BCUT2D eigenvalue weighted by Gasteiger charge is 2.32. The Balaban J connectivity index is 1.55. The third-order valence-electron chi connectivity index (χ3n) is 6.03. The molecule has 1 aliphatic heterocycles. The number of likely N-dealkylation sites (N-methyl/N-ethyl adjacent to an activating group) is 1. The topological polar surface area (TPSA) is 73.5 Å². The van der Waals surface area contributed by atoms with E-state index >= 15 is 0 Å². The maximum Gasteiger partial charge on any atom is 0.270 e. The summed E-state index contributed by atoms with van der Waals surface area (Å²) in [4.78, 5) is 43.8. The van der Waals surface area contributed by atoms with Crippen LogP contribution in [0.5, 0.6) is 0 Å². The van der Waals surface area contributed by atoms with Crippen LogP contribution in [-0.2, 0) is 11.2 Å². The molecule has 0 spiro atoms. The largest absolute Gasteiger partial charge is 0.341 e. The fraction of sp³-hybridized carbons (Fsp3) is 0.269. The maximum absolute atomic E-state index is 14.1. The van der Waals surface area contributed by atoms with Crippen molar-refractivity contribution >= 4 is 11.8 Å². The zero-order valence-corrected chi connectivity index (χ0v) is 18.5. The van der Waals surface area contributed by atoms with Crippen LogP contribution in [0.3, 0.4) is 0 Å². The molecule has 0 aliphatic carbocycles. The van der Waals surface area contributed by atoms with Gasteiger partial charge in [-0.2, -0.15) is 0 Å². The molecule has 7 heteroatoms. The fourth-order valence-corrected chi connectivity index (χ4v) is 4.24. The molecule has 1 atom stereocenters. The number of nitrogens with one attached hydrogen (secondary N) is 1. The van der Waals surface area contributed by atoms with Gasteiger partial charge in [-0.3, -0.25) is 14.4 Å². The Bertz CT molecular complexity index is 1210. The van der Waals surface area contributed by atoms with Gasteiger partial charge in [0.25, 0.3) is 5.91 Å². The monoisotopic (exact) mass is 447 g/mol. The van der Waals surface area contributed by atoms with E-state index in [-0.39, 0.29) is 35.4 Å². The van der Waals surface area contributed by atoms with Crippen LogP contribution in [-0.4, -0.2) is 52.8 Å². The van der Waals surface area contributed by atoms with E-state index < -0.39 is 5.92 Å². The van der Waals surface area contributed by atoms with Crippen molar-refractivity contribution in [2.45, 2.75) is 13.3 Å². The van der Waals surface area contributed by atoms with Crippen molar-refractivity contribution in [1.29, 1.82) is 0 Å². The van der Waals surface area contributed by atoms with Crippen molar-refractivity contribution in [3.8, 4) is 11.1 Å². The number of benzene rings is 2. The average molecular weight is 448 g/mol. The van der Waals surface area contributed by atoms with Gasteiger partial charge in [0.05, 0.1) is 5.92 Å². The minimum absolute atomic E-state index is 0.00698. The first-order valence-electron chi connectivity index (χ1n) is 11.1. The summed E-state index contributed by atoms with van der Waals surface area (Å²) in [6.07, 6.45) is 0.460. The lowest BCUT2D eigenvalue weighted by atomic mass is 9.95. The molecule has 1 aromatic heterocycles. The van der Waals surface area contributed by atoms with Crippen molar-refractivity contribution in [3.63, 3.8) is 0 Å². The molecule has 33 heavy (non-hydrogen) atoms. The fourth-order valence-electron chi connectivity index (χ4n) is 4.24. The first-order valence-corrected chi connectivity index (χ1v) is 11.1. The Morgan fingerprint density at radius 3 is 2.45 bits per heavy atom. The molecule has 2 aromatic carbocycles. The van der Waals surface area contributed by atoms with E-state index in [2.05, 4.69) is 4.98 Å². The number of nitrogens with zero attached hydrogens (tertiary/aromatic N) is 2. The van der Waals surface area contributed by atoms with Gasteiger partial charge in [0.15, 0.2) is 0 Å². The smallest absolute Gasteiger partial charge is 0.270 e. The summed E-state index contributed by atoms with van der Waals surface area (Å²) in [5.74, 6) is -0.979. The number of aromatic nitrogens is 1. The minimum Gasteiger partial charge on any atom is -0.341 e. The van der Waals surface area contributed by atoms with Gasteiger partial charge in [0.2, 0.25) is 11.5 Å². The molecule has 3 aromatic rings. The second-order valence-corrected chi connectivity index (χ2v) is 8.18. The molecule has 1 saturated heterocycles. The number of carbonyl (C=O) groups is 2. The molecule has 0 radical (unpaired) electrons. The summed E-state index contributed by atoms with van der Waals surface area (Å²) in [6, 6.07) is 18.6. The highest BCUT2D eigenvalue weighted by atomic mass is 19.1. The number of H-pyrrole nitrogens is 1. The van der Waals surface area contributed by atoms with Crippen LogP contribution >= 0.6 is 0 Å². The van der Waals surface area contributed by atoms with Gasteiger partial charge in [-0.25, -0.2) is 4.39 Å². The van der Waals surface area contributed by atoms with Gasteiger partial charge in [0, 0.05) is 37.8 Å². The molecule has 0 bridgehead atoms. The highest BCUT2D eigenvalue weighted by molar-refractivity contribution is 5.93. The summed E-state index contributed by atoms with van der Waals surface area (Å²) >= 11 is 0. The minimum atomic E-state index is -0.411. The van der Waals surface area contributed by atoms with E-state index in [0.717, 1.165) is 11.1 Å². The van der Waals surface area contributed by atoms with Gasteiger partial charge in [-0.15, -0.1) is 0 Å². The lowest BCUT2D eigenvalue weighted by Gasteiger charge is -2.23. The van der Waals surface area contributed by atoms with E-state index in [9.17, 15) is 18.8 Å². The Labute approximate surface area is 191 Å². The van der Waals surface area contributed by atoms with Gasteiger partial charge < -0.3 is 14.8 Å². The second kappa shape index (κ2) is 9.81. The number of aromatic amines is 1. The zero-order valence-electron chi connectivity index (χ0n) is 18.5. The van der Waals surface area contributed by atoms with Crippen LogP contribution in [0, 0.1) is 11.7 Å². The molecule has 4 rings (SSSR count). The number of pyridine rings is 1. The van der Waals surface area contributed by atoms with E-state index in [4.69, 9.17) is 0 Å². The second-order valence-electron chi connectivity index (χ2n) is 8.18. The van der Waals surface area contributed by atoms with Crippen molar-refractivity contribution in [2.75, 3.05) is 26.2 Å². The molecule has 2 heterocycles. The van der Waals surface area contributed by atoms with Crippen molar-refractivity contribution < 1.29 is 14.0 Å². The van der Waals surface area contributed by atoms with E-state index in [1.165, 1.54) is 12.1 Å². The molecule has 1 fully saturated rings. The Hall–Kier alpha value is -3.74. The van der Waals surface area contributed by atoms with Gasteiger partial charge >= 0.3 is 0 Å². The predicted molar refractivity (Wildman–Crippen MR) is 124 cm³/mol. The third-order valence-corrected chi connectivity index (χ3v) is 6.03. The summed E-state index contributed by atoms with van der Waals surface area (Å²) in [5.41, 5.74) is 2.11. The number of amides is 2. The first-order chi connectivity index (χ1) is 16.0. The van der Waals surface area contributed by atoms with Gasteiger partial charge in [-0.05, 0) is 36.6 Å². The van der Waals surface area contributed by atoms with E-state index in [1.807, 2.05) is 31.2 Å². The van der Waals surface area contributed by atoms with Crippen LogP contribution in [0.2, 0.25) is 0 Å². The van der Waals surface area contributed by atoms with Crippen LogP contribution in [0.25, 0.3) is 11.1 Å². The number of hydrogen-bond donors (Lipinski definition) is 1. The number of carbonyl (C=O) groups excluding carboxylic acids is 2. The van der Waals surface area contributed by atoms with Gasteiger partial charge in [-0.1, -0.05) is 48.5 Å². The lowest BCUT2D eigenvalue weighted by Crippen LogP contribution is -2.38. The van der Waals surface area contributed by atoms with E-state index in [1.54, 1.807) is 40.1 Å². The SMILES string of the molecule is CCN1CCN(C(=O)c2cccc(=O)[nH]2)C[C@@H](Cc2ccc(-c3ccccc3F)cc2)C1=O. The molecule has 0 unspecified atom stereocenters. The number of rotatable bonds is 5. The third kappa shape index (κ3) is 5.03.